The third-order valence-corrected chi connectivity index (χ3v) is 4.37. The monoisotopic (exact) mass is 208 g/mol. The van der Waals surface area contributed by atoms with E-state index >= 15 is 0 Å². The van der Waals surface area contributed by atoms with Crippen LogP contribution in [-0.4, -0.2) is 5.78 Å². The van der Waals surface area contributed by atoms with Gasteiger partial charge in [-0.2, -0.15) is 0 Å². The summed E-state index contributed by atoms with van der Waals surface area (Å²) in [6.45, 7) is 6.13. The van der Waals surface area contributed by atoms with E-state index in [1.165, 1.54) is 28.8 Å². The maximum atomic E-state index is 11.4. The fourth-order valence-corrected chi connectivity index (χ4v) is 3.41. The van der Waals surface area contributed by atoms with Crippen LogP contribution >= 0.6 is 11.3 Å². The Hall–Kier alpha value is -0.630. The highest BCUT2D eigenvalue weighted by Gasteiger charge is 2.23. The molecule has 1 aromatic heterocycles. The summed E-state index contributed by atoms with van der Waals surface area (Å²) >= 11 is 1.69. The van der Waals surface area contributed by atoms with Gasteiger partial charge in [0.05, 0.1) is 4.88 Å². The zero-order chi connectivity index (χ0) is 10.3. The molecule has 2 heteroatoms. The van der Waals surface area contributed by atoms with Gasteiger partial charge in [0.1, 0.15) is 0 Å². The van der Waals surface area contributed by atoms with Gasteiger partial charge in [-0.15, -0.1) is 11.3 Å². The Kier molecular flexibility index (Phi) is 2.48. The van der Waals surface area contributed by atoms with Crippen LogP contribution < -0.4 is 0 Å². The van der Waals surface area contributed by atoms with Crippen molar-refractivity contribution >= 4 is 17.1 Å². The quantitative estimate of drug-likeness (QED) is 0.647. The molecule has 0 saturated heterocycles. The van der Waals surface area contributed by atoms with E-state index in [4.69, 9.17) is 0 Å². The highest BCUT2D eigenvalue weighted by molar-refractivity contribution is 7.14. The van der Waals surface area contributed by atoms with Crippen LogP contribution in [0.2, 0.25) is 0 Å². The van der Waals surface area contributed by atoms with Gasteiger partial charge < -0.3 is 0 Å². The van der Waals surface area contributed by atoms with Crippen LogP contribution in [-0.2, 0) is 12.8 Å². The minimum absolute atomic E-state index is 0.244. The normalized spacial score (nSPS) is 20.6. The average Bonchev–Trinajstić information content (AvgIpc) is 2.44. The topological polar surface area (TPSA) is 17.1 Å². The smallest absolute Gasteiger partial charge is 0.170 e. The molecule has 14 heavy (non-hydrogen) atoms. The van der Waals surface area contributed by atoms with Crippen molar-refractivity contribution in [1.82, 2.24) is 0 Å². The maximum Gasteiger partial charge on any atom is 0.170 e. The van der Waals surface area contributed by atoms with Gasteiger partial charge in [0.25, 0.3) is 0 Å². The predicted molar refractivity (Wildman–Crippen MR) is 60.2 cm³/mol. The van der Waals surface area contributed by atoms with Gasteiger partial charge in [-0.3, -0.25) is 4.79 Å². The molecule has 1 heterocycles. The van der Waals surface area contributed by atoms with E-state index < -0.39 is 0 Å². The van der Waals surface area contributed by atoms with Crippen LogP contribution in [0.1, 0.15) is 45.9 Å². The first-order valence-corrected chi connectivity index (χ1v) is 6.03. The second kappa shape index (κ2) is 3.50. The highest BCUT2D eigenvalue weighted by atomic mass is 32.1. The van der Waals surface area contributed by atoms with Crippen molar-refractivity contribution in [2.24, 2.45) is 5.92 Å². The summed E-state index contributed by atoms with van der Waals surface area (Å²) in [5.74, 6) is 1.03. The number of ketones is 1. The number of hydrogen-bond acceptors (Lipinski definition) is 2. The van der Waals surface area contributed by atoms with E-state index in [9.17, 15) is 4.79 Å². The average molecular weight is 208 g/mol. The zero-order valence-corrected chi connectivity index (χ0v) is 9.83. The summed E-state index contributed by atoms with van der Waals surface area (Å²) in [7, 11) is 0. The van der Waals surface area contributed by atoms with Gasteiger partial charge in [-0.05, 0) is 50.2 Å². The van der Waals surface area contributed by atoms with E-state index in [0.717, 1.165) is 17.2 Å². The second-order valence-electron chi connectivity index (χ2n) is 4.35. The standard InChI is InChI=1S/C12H16OS/c1-7-4-5-10-11(6-7)9(3)14-12(10)8(2)13/h7H,4-6H2,1-3H3. The zero-order valence-electron chi connectivity index (χ0n) is 9.02. The fourth-order valence-electron chi connectivity index (χ4n) is 2.28. The Balaban J connectivity index is 2.49. The number of carbonyl (C=O) groups is 1. The van der Waals surface area contributed by atoms with Gasteiger partial charge in [-0.25, -0.2) is 0 Å². The molecule has 0 amide bonds. The van der Waals surface area contributed by atoms with Gasteiger partial charge in [0.2, 0.25) is 0 Å². The third-order valence-electron chi connectivity index (χ3n) is 3.08. The van der Waals surface area contributed by atoms with Gasteiger partial charge >= 0.3 is 0 Å². The number of thiophene rings is 1. The molecule has 0 fully saturated rings. The molecule has 0 N–H and O–H groups in total. The molecule has 0 aromatic carbocycles. The first-order chi connectivity index (χ1) is 6.59. The number of rotatable bonds is 1. The van der Waals surface area contributed by atoms with Crippen molar-refractivity contribution in [3.05, 3.63) is 20.9 Å². The lowest BCUT2D eigenvalue weighted by atomic mass is 9.85. The maximum absolute atomic E-state index is 11.4. The van der Waals surface area contributed by atoms with Crippen molar-refractivity contribution < 1.29 is 4.79 Å². The number of Topliss-reactive ketones (excluding diaryl/α,β-unsaturated/α-hetero) is 1. The van der Waals surface area contributed by atoms with E-state index in [2.05, 4.69) is 13.8 Å². The van der Waals surface area contributed by atoms with Gasteiger partial charge in [0, 0.05) is 4.88 Å². The van der Waals surface area contributed by atoms with Crippen LogP contribution in [0.15, 0.2) is 0 Å². The van der Waals surface area contributed by atoms with Crippen LogP contribution in [0.4, 0.5) is 0 Å². The first-order valence-electron chi connectivity index (χ1n) is 5.21. The molecule has 1 aliphatic carbocycles. The SMILES string of the molecule is CC(=O)c1sc(C)c2c1CCC(C)C2. The van der Waals surface area contributed by atoms with E-state index in [0.29, 0.717) is 0 Å². The summed E-state index contributed by atoms with van der Waals surface area (Å²) in [5.41, 5.74) is 2.83. The summed E-state index contributed by atoms with van der Waals surface area (Å²) < 4.78 is 0. The Labute approximate surface area is 89.1 Å². The Morgan fingerprint density at radius 3 is 2.79 bits per heavy atom. The second-order valence-corrected chi connectivity index (χ2v) is 5.57. The molecular weight excluding hydrogens is 192 g/mol. The summed E-state index contributed by atoms with van der Waals surface area (Å²) in [5, 5.41) is 0. The highest BCUT2D eigenvalue weighted by Crippen LogP contribution is 2.35. The Bertz CT molecular complexity index is 376. The first kappa shape index (κ1) is 9.91. The largest absolute Gasteiger partial charge is 0.294 e. The lowest BCUT2D eigenvalue weighted by Gasteiger charge is -2.19. The summed E-state index contributed by atoms with van der Waals surface area (Å²) in [6.07, 6.45) is 3.52. The number of hydrogen-bond donors (Lipinski definition) is 0. The van der Waals surface area contributed by atoms with Crippen molar-refractivity contribution in [3.8, 4) is 0 Å². The van der Waals surface area contributed by atoms with Crippen molar-refractivity contribution in [2.75, 3.05) is 0 Å². The van der Waals surface area contributed by atoms with Gasteiger partial charge in [-0.1, -0.05) is 6.92 Å². The van der Waals surface area contributed by atoms with Crippen molar-refractivity contribution in [1.29, 1.82) is 0 Å². The van der Waals surface area contributed by atoms with Crippen molar-refractivity contribution in [2.45, 2.75) is 40.0 Å². The van der Waals surface area contributed by atoms with Crippen LogP contribution in [0.5, 0.6) is 0 Å². The van der Waals surface area contributed by atoms with E-state index in [-0.39, 0.29) is 5.78 Å². The molecule has 1 aliphatic rings. The molecule has 2 rings (SSSR count). The Morgan fingerprint density at radius 2 is 2.14 bits per heavy atom. The number of aryl methyl sites for hydroxylation is 1. The molecule has 1 nitrogen and oxygen atoms in total. The number of carbonyl (C=O) groups excluding carboxylic acids is 1. The van der Waals surface area contributed by atoms with Crippen LogP contribution in [0.3, 0.4) is 0 Å². The predicted octanol–water partition coefficient (Wildman–Crippen LogP) is 3.38. The van der Waals surface area contributed by atoms with E-state index in [1.807, 2.05) is 0 Å². The molecule has 76 valence electrons. The molecule has 1 atom stereocenters. The fraction of sp³-hybridized carbons (Fsp3) is 0.583. The summed E-state index contributed by atoms with van der Waals surface area (Å²) in [6, 6.07) is 0. The van der Waals surface area contributed by atoms with E-state index in [1.54, 1.807) is 18.3 Å². The lowest BCUT2D eigenvalue weighted by molar-refractivity contribution is 0.102. The molecular formula is C12H16OS. The summed E-state index contributed by atoms with van der Waals surface area (Å²) in [4.78, 5) is 13.8. The van der Waals surface area contributed by atoms with Crippen LogP contribution in [0, 0.1) is 12.8 Å². The molecule has 0 aliphatic heterocycles. The molecule has 0 spiro atoms. The number of fused-ring (bicyclic) bond motifs is 1. The Morgan fingerprint density at radius 1 is 1.43 bits per heavy atom. The van der Waals surface area contributed by atoms with Crippen molar-refractivity contribution in [3.63, 3.8) is 0 Å². The molecule has 0 saturated carbocycles. The van der Waals surface area contributed by atoms with Gasteiger partial charge in [0.15, 0.2) is 5.78 Å². The lowest BCUT2D eigenvalue weighted by Crippen LogP contribution is -2.11. The minimum atomic E-state index is 0.244. The molecule has 0 radical (unpaired) electrons. The molecule has 0 bridgehead atoms. The third kappa shape index (κ3) is 1.52. The molecule has 1 aromatic rings. The minimum Gasteiger partial charge on any atom is -0.294 e. The van der Waals surface area contributed by atoms with Crippen LogP contribution in [0.25, 0.3) is 0 Å². The molecule has 1 unspecified atom stereocenters.